The quantitative estimate of drug-likeness (QED) is 0.724. The predicted molar refractivity (Wildman–Crippen MR) is 84.7 cm³/mol. The van der Waals surface area contributed by atoms with Gasteiger partial charge in [-0.3, -0.25) is 0 Å². The van der Waals surface area contributed by atoms with E-state index >= 15 is 0 Å². The summed E-state index contributed by atoms with van der Waals surface area (Å²) in [6.45, 7) is 0. The molecule has 2 aromatic carbocycles. The summed E-state index contributed by atoms with van der Waals surface area (Å²) in [6.07, 6.45) is 5.82. The van der Waals surface area contributed by atoms with Crippen molar-refractivity contribution in [3.05, 3.63) is 83.6 Å². The smallest absolute Gasteiger partial charge is 0.0445 e. The molecule has 0 bridgehead atoms. The molecule has 1 nitrogen and oxygen atoms in total. The number of nitrogens with zero attached hydrogens (tertiary/aromatic N) is 1. The first-order valence-corrected chi connectivity index (χ1v) is 7.14. The van der Waals surface area contributed by atoms with Crippen LogP contribution < -0.4 is 4.90 Å². The topological polar surface area (TPSA) is 3.24 Å². The minimum Gasteiger partial charge on any atom is -0.347 e. The molecular weight excluding hydrogens is 242 g/mol. The number of hydrogen-bond acceptors (Lipinski definition) is 1. The van der Waals surface area contributed by atoms with Crippen LogP contribution in [0.25, 0.3) is 5.57 Å². The zero-order valence-electron chi connectivity index (χ0n) is 11.6. The molecule has 4 rings (SSSR count). The van der Waals surface area contributed by atoms with E-state index in [0.29, 0.717) is 5.92 Å². The van der Waals surface area contributed by atoms with Crippen LogP contribution in [0.5, 0.6) is 0 Å². The van der Waals surface area contributed by atoms with Crippen LogP contribution in [-0.2, 0) is 0 Å². The van der Waals surface area contributed by atoms with Gasteiger partial charge in [0.05, 0.1) is 0 Å². The van der Waals surface area contributed by atoms with Crippen LogP contribution in [0.1, 0.15) is 23.5 Å². The van der Waals surface area contributed by atoms with E-state index in [-0.39, 0.29) is 0 Å². The van der Waals surface area contributed by atoms with Gasteiger partial charge in [-0.2, -0.15) is 0 Å². The Kier molecular flexibility index (Phi) is 2.53. The monoisotopic (exact) mass is 259 g/mol. The molecular formula is C19H17N. The standard InChI is InChI=1S/C19H17N/c1-20-18-10-6-5-9-16(18)17-12-11-15(13-19(17)20)14-7-3-2-4-8-14/h2-11,13,17H,12H2,1H3. The predicted octanol–water partition coefficient (Wildman–Crippen LogP) is 4.59. The molecule has 0 fully saturated rings. The number of fused-ring (bicyclic) bond motifs is 3. The molecule has 2 aliphatic rings. The van der Waals surface area contributed by atoms with Crippen molar-refractivity contribution in [2.24, 2.45) is 0 Å². The van der Waals surface area contributed by atoms with Crippen LogP contribution in [0.15, 0.2) is 72.4 Å². The zero-order chi connectivity index (χ0) is 13.5. The first kappa shape index (κ1) is 11.5. The number of anilines is 1. The van der Waals surface area contributed by atoms with Crippen molar-refractivity contribution in [1.29, 1.82) is 0 Å². The van der Waals surface area contributed by atoms with Gasteiger partial charge in [-0.25, -0.2) is 0 Å². The Bertz CT molecular complexity index is 710. The molecule has 1 aliphatic heterocycles. The molecule has 1 heteroatoms. The van der Waals surface area contributed by atoms with E-state index < -0.39 is 0 Å². The molecule has 1 atom stereocenters. The summed E-state index contributed by atoms with van der Waals surface area (Å²) in [5, 5.41) is 0. The molecule has 0 amide bonds. The van der Waals surface area contributed by atoms with E-state index in [1.165, 1.54) is 28.1 Å². The van der Waals surface area contributed by atoms with E-state index in [9.17, 15) is 0 Å². The molecule has 20 heavy (non-hydrogen) atoms. The van der Waals surface area contributed by atoms with E-state index in [1.807, 2.05) is 0 Å². The summed E-state index contributed by atoms with van der Waals surface area (Å²) < 4.78 is 0. The Labute approximate surface area is 119 Å². The lowest BCUT2D eigenvalue weighted by Crippen LogP contribution is -2.15. The Morgan fingerprint density at radius 2 is 1.70 bits per heavy atom. The van der Waals surface area contributed by atoms with Gasteiger partial charge in [-0.1, -0.05) is 54.6 Å². The summed E-state index contributed by atoms with van der Waals surface area (Å²) in [4.78, 5) is 2.34. The van der Waals surface area contributed by atoms with Crippen molar-refractivity contribution in [2.45, 2.75) is 12.3 Å². The Balaban J connectivity index is 1.77. The van der Waals surface area contributed by atoms with Crippen molar-refractivity contribution in [2.75, 3.05) is 11.9 Å². The maximum absolute atomic E-state index is 2.37. The molecule has 0 N–H and O–H groups in total. The highest BCUT2D eigenvalue weighted by Gasteiger charge is 2.32. The summed E-state index contributed by atoms with van der Waals surface area (Å²) in [5.41, 5.74) is 6.89. The fourth-order valence-corrected chi connectivity index (χ4v) is 3.36. The van der Waals surface area contributed by atoms with Crippen molar-refractivity contribution >= 4 is 11.3 Å². The molecule has 2 aromatic rings. The highest BCUT2D eigenvalue weighted by molar-refractivity contribution is 5.80. The number of rotatable bonds is 1. The van der Waals surface area contributed by atoms with E-state index in [1.54, 1.807) is 0 Å². The minimum absolute atomic E-state index is 0.531. The van der Waals surface area contributed by atoms with E-state index in [2.05, 4.69) is 78.7 Å². The normalized spacial score (nSPS) is 20.1. The summed E-state index contributed by atoms with van der Waals surface area (Å²) in [5.74, 6) is 0.531. The van der Waals surface area contributed by atoms with Crippen molar-refractivity contribution in [3.63, 3.8) is 0 Å². The molecule has 0 saturated heterocycles. The molecule has 0 saturated carbocycles. The molecule has 0 radical (unpaired) electrons. The van der Waals surface area contributed by atoms with Gasteiger partial charge in [-0.05, 0) is 35.3 Å². The fraction of sp³-hybridized carbons (Fsp3) is 0.158. The van der Waals surface area contributed by atoms with Gasteiger partial charge < -0.3 is 4.90 Å². The first-order valence-electron chi connectivity index (χ1n) is 7.14. The van der Waals surface area contributed by atoms with Crippen molar-refractivity contribution in [1.82, 2.24) is 0 Å². The Morgan fingerprint density at radius 1 is 0.950 bits per heavy atom. The lowest BCUT2D eigenvalue weighted by atomic mass is 9.87. The van der Waals surface area contributed by atoms with Crippen LogP contribution in [0.2, 0.25) is 0 Å². The van der Waals surface area contributed by atoms with E-state index in [4.69, 9.17) is 0 Å². The summed E-state index contributed by atoms with van der Waals surface area (Å²) in [6, 6.07) is 19.4. The maximum atomic E-state index is 2.37. The van der Waals surface area contributed by atoms with Gasteiger partial charge in [-0.15, -0.1) is 0 Å². The lowest BCUT2D eigenvalue weighted by Gasteiger charge is -2.22. The average Bonchev–Trinajstić information content (AvgIpc) is 2.81. The molecule has 0 spiro atoms. The number of para-hydroxylation sites is 1. The zero-order valence-corrected chi connectivity index (χ0v) is 11.6. The lowest BCUT2D eigenvalue weighted by molar-refractivity contribution is 0.815. The third kappa shape index (κ3) is 1.63. The highest BCUT2D eigenvalue weighted by Crippen LogP contribution is 2.47. The van der Waals surface area contributed by atoms with Gasteiger partial charge in [0.25, 0.3) is 0 Å². The minimum atomic E-state index is 0.531. The SMILES string of the molecule is CN1C2=CC(c3ccccc3)=CCC2c2ccccc21. The van der Waals surface area contributed by atoms with Gasteiger partial charge in [0.1, 0.15) is 0 Å². The third-order valence-electron chi connectivity index (χ3n) is 4.40. The Morgan fingerprint density at radius 3 is 2.55 bits per heavy atom. The second-order valence-corrected chi connectivity index (χ2v) is 5.50. The summed E-state index contributed by atoms with van der Waals surface area (Å²) in [7, 11) is 2.18. The second kappa shape index (κ2) is 4.38. The molecule has 1 aliphatic carbocycles. The number of likely N-dealkylation sites (N-methyl/N-ethyl adjacent to an activating group) is 1. The third-order valence-corrected chi connectivity index (χ3v) is 4.40. The van der Waals surface area contributed by atoms with Gasteiger partial charge in [0.15, 0.2) is 0 Å². The van der Waals surface area contributed by atoms with Gasteiger partial charge in [0.2, 0.25) is 0 Å². The highest BCUT2D eigenvalue weighted by atomic mass is 15.1. The first-order chi connectivity index (χ1) is 9.84. The molecule has 0 aromatic heterocycles. The van der Waals surface area contributed by atoms with Gasteiger partial charge in [0, 0.05) is 24.4 Å². The van der Waals surface area contributed by atoms with Gasteiger partial charge >= 0.3 is 0 Å². The number of hydrogen-bond donors (Lipinski definition) is 0. The number of benzene rings is 2. The maximum Gasteiger partial charge on any atom is 0.0445 e. The van der Waals surface area contributed by atoms with Crippen LogP contribution >= 0.6 is 0 Å². The second-order valence-electron chi connectivity index (χ2n) is 5.50. The molecule has 98 valence electrons. The van der Waals surface area contributed by atoms with Crippen LogP contribution in [0, 0.1) is 0 Å². The van der Waals surface area contributed by atoms with Crippen LogP contribution in [-0.4, -0.2) is 7.05 Å². The Hall–Kier alpha value is -2.28. The summed E-state index contributed by atoms with van der Waals surface area (Å²) >= 11 is 0. The van der Waals surface area contributed by atoms with Crippen molar-refractivity contribution < 1.29 is 0 Å². The average molecular weight is 259 g/mol. The molecule has 1 heterocycles. The molecule has 1 unspecified atom stereocenters. The van der Waals surface area contributed by atoms with Crippen LogP contribution in [0.4, 0.5) is 5.69 Å². The fourth-order valence-electron chi connectivity index (χ4n) is 3.36. The van der Waals surface area contributed by atoms with Crippen LogP contribution in [0.3, 0.4) is 0 Å². The largest absolute Gasteiger partial charge is 0.347 e. The number of allylic oxidation sites excluding steroid dienone is 4. The van der Waals surface area contributed by atoms with Crippen molar-refractivity contribution in [3.8, 4) is 0 Å². The van der Waals surface area contributed by atoms with E-state index in [0.717, 1.165) is 6.42 Å².